The number of rotatable bonds is 3. The molecule has 4 saturated heterocycles. The van der Waals surface area contributed by atoms with Gasteiger partial charge < -0.3 is 17.0 Å². The summed E-state index contributed by atoms with van der Waals surface area (Å²) in [6, 6.07) is 7.71. The average molecular weight is 418 g/mol. The second kappa shape index (κ2) is 5.72. The Morgan fingerprint density at radius 1 is 1.00 bits per heavy atom. The maximum absolute atomic E-state index is 12.6. The second-order valence-electron chi connectivity index (χ2n) is 6.29. The zero-order valence-electron chi connectivity index (χ0n) is 11.7. The van der Waals surface area contributed by atoms with Crippen LogP contribution in [0.3, 0.4) is 0 Å². The monoisotopic (exact) mass is 416 g/mol. The quantitative estimate of drug-likeness (QED) is 0.426. The van der Waals surface area contributed by atoms with Crippen LogP contribution < -0.4 is 17.0 Å². The molecule has 1 aromatic rings. The lowest BCUT2D eigenvalue weighted by Crippen LogP contribution is -3.00. The molecule has 4 heterocycles. The van der Waals surface area contributed by atoms with Gasteiger partial charge in [0.05, 0.1) is 20.0 Å². The molecule has 0 radical (unpaired) electrons. The Kier molecular flexibility index (Phi) is 4.24. The highest BCUT2D eigenvalue weighted by Gasteiger charge is 2.49. The first kappa shape index (κ1) is 15.6. The Morgan fingerprint density at radius 2 is 1.48 bits per heavy atom. The summed E-state index contributed by atoms with van der Waals surface area (Å²) >= 11 is 3.41. The molecule has 21 heavy (non-hydrogen) atoms. The van der Waals surface area contributed by atoms with Crippen molar-refractivity contribution in [3.05, 3.63) is 34.3 Å². The van der Waals surface area contributed by atoms with Gasteiger partial charge in [0, 0.05) is 10.0 Å². The van der Waals surface area contributed by atoms with E-state index >= 15 is 0 Å². The van der Waals surface area contributed by atoms with Crippen LogP contribution in [-0.2, 0) is 0 Å². The van der Waals surface area contributed by atoms with Crippen LogP contribution in [0.25, 0.3) is 0 Å². The van der Waals surface area contributed by atoms with Gasteiger partial charge in [0.15, 0.2) is 0 Å². The molecular weight excluding hydrogens is 400 g/mol. The Hall–Kier alpha value is -0.310. The van der Waals surface area contributed by atoms with Gasteiger partial charge in [-0.3, -0.25) is 9.28 Å². The van der Waals surface area contributed by atoms with Gasteiger partial charge in [-0.15, -0.1) is 0 Å². The third-order valence-electron chi connectivity index (χ3n) is 4.35. The second-order valence-corrected chi connectivity index (χ2v) is 7.21. The van der Waals surface area contributed by atoms with E-state index < -0.39 is 0 Å². The first-order chi connectivity index (χ1) is 9.62. The Morgan fingerprint density at radius 3 is 1.95 bits per heavy atom. The van der Waals surface area contributed by atoms with Gasteiger partial charge >= 0.3 is 0 Å². The van der Waals surface area contributed by atoms with Crippen molar-refractivity contribution >= 4 is 21.7 Å². The number of hydrogen-bond donors (Lipinski definition) is 0. The highest BCUT2D eigenvalue weighted by Crippen LogP contribution is 2.28. The lowest BCUT2D eigenvalue weighted by atomic mass is 10.1. The molecule has 4 bridgehead atoms. The maximum atomic E-state index is 12.6. The van der Waals surface area contributed by atoms with E-state index in [0.29, 0.717) is 6.54 Å². The van der Waals surface area contributed by atoms with Crippen LogP contribution in [0, 0.1) is 0 Å². The number of Topliss-reactive ketones (excluding diaryl/α,β-unsaturated/α-hetero) is 1. The minimum Gasteiger partial charge on any atom is -1.00 e. The molecule has 1 aromatic carbocycles. The fourth-order valence-electron chi connectivity index (χ4n) is 3.84. The minimum absolute atomic E-state index is 0. The molecule has 7 heteroatoms. The molecule has 0 aromatic heterocycles. The number of carbonyl (C=O) groups is 1. The summed E-state index contributed by atoms with van der Waals surface area (Å²) in [4.78, 5) is 19.9. The van der Waals surface area contributed by atoms with Gasteiger partial charge in [-0.05, 0) is 12.1 Å². The van der Waals surface area contributed by atoms with Crippen LogP contribution in [0.2, 0.25) is 0 Å². The van der Waals surface area contributed by atoms with Gasteiger partial charge in [-0.2, -0.15) is 0 Å². The molecule has 0 N–H and O–H groups in total. The highest BCUT2D eigenvalue weighted by atomic mass is 79.9. The summed E-state index contributed by atoms with van der Waals surface area (Å²) in [5.74, 6) is 0.253. The van der Waals surface area contributed by atoms with Crippen molar-refractivity contribution in [3.63, 3.8) is 0 Å². The van der Waals surface area contributed by atoms with E-state index in [9.17, 15) is 4.79 Å². The van der Waals surface area contributed by atoms with Crippen molar-refractivity contribution in [1.29, 1.82) is 0 Å². The Labute approximate surface area is 143 Å². The highest BCUT2D eigenvalue weighted by molar-refractivity contribution is 9.10. The minimum atomic E-state index is 0. The topological polar surface area (TPSA) is 26.8 Å². The largest absolute Gasteiger partial charge is 1.00 e. The number of nitrogens with zero attached hydrogens (tertiary/aromatic N) is 4. The molecule has 0 unspecified atom stereocenters. The predicted molar refractivity (Wildman–Crippen MR) is 78.3 cm³/mol. The average Bonchev–Trinajstić information content (AvgIpc) is 2.37. The summed E-state index contributed by atoms with van der Waals surface area (Å²) < 4.78 is 1.89. The van der Waals surface area contributed by atoms with Crippen molar-refractivity contribution in [3.8, 4) is 0 Å². The molecule has 0 aliphatic carbocycles. The SMILES string of the molecule is O=C(C[N+]12CN3CN(CN(C3)C1)C2)c1ccc(Br)cc1.[Br-]. The van der Waals surface area contributed by atoms with E-state index in [0.717, 1.165) is 54.5 Å². The molecular formula is C14H18Br2N4O. The smallest absolute Gasteiger partial charge is 0.217 e. The van der Waals surface area contributed by atoms with Crippen LogP contribution in [0.5, 0.6) is 0 Å². The van der Waals surface area contributed by atoms with Crippen molar-refractivity contribution in [1.82, 2.24) is 14.7 Å². The zero-order valence-corrected chi connectivity index (χ0v) is 14.9. The van der Waals surface area contributed by atoms with E-state index in [4.69, 9.17) is 0 Å². The van der Waals surface area contributed by atoms with Crippen LogP contribution in [-0.4, -0.2) is 71.5 Å². The summed E-state index contributed by atoms with van der Waals surface area (Å²) in [7, 11) is 0. The lowest BCUT2D eigenvalue weighted by Gasteiger charge is -2.60. The fourth-order valence-corrected chi connectivity index (χ4v) is 4.10. The number of hydrogen-bond acceptors (Lipinski definition) is 4. The standard InChI is InChI=1S/C14H18BrN4O.BrH/c15-13-3-1-12(2-4-13)14(20)5-19-9-16-6-17(10-19)8-18(7-16)11-19;/h1-4H,5-11H2;1H/q+1;/p-1. The number of carbonyl (C=O) groups excluding carboxylic acids is 1. The van der Waals surface area contributed by atoms with Gasteiger partial charge in [-0.1, -0.05) is 28.1 Å². The summed E-state index contributed by atoms with van der Waals surface area (Å²) in [6.07, 6.45) is 0. The van der Waals surface area contributed by atoms with Crippen LogP contribution in [0.1, 0.15) is 10.4 Å². The number of ketones is 1. The lowest BCUT2D eigenvalue weighted by molar-refractivity contribution is -0.973. The molecule has 0 amide bonds. The van der Waals surface area contributed by atoms with Gasteiger partial charge in [0.2, 0.25) is 5.78 Å². The van der Waals surface area contributed by atoms with Gasteiger partial charge in [0.25, 0.3) is 0 Å². The molecule has 0 spiro atoms. The van der Waals surface area contributed by atoms with E-state index in [2.05, 4.69) is 30.6 Å². The maximum Gasteiger partial charge on any atom is 0.217 e. The van der Waals surface area contributed by atoms with Crippen molar-refractivity contribution in [2.75, 3.05) is 46.6 Å². The van der Waals surface area contributed by atoms with Crippen LogP contribution in [0.4, 0.5) is 0 Å². The normalized spacial score (nSPS) is 36.3. The van der Waals surface area contributed by atoms with Crippen molar-refractivity contribution in [2.24, 2.45) is 0 Å². The predicted octanol–water partition coefficient (Wildman–Crippen LogP) is -1.86. The molecule has 4 aliphatic heterocycles. The summed E-state index contributed by atoms with van der Waals surface area (Å²) in [5.41, 5.74) is 0.821. The molecule has 5 nitrogen and oxygen atoms in total. The molecule has 4 fully saturated rings. The first-order valence-electron chi connectivity index (χ1n) is 6.93. The van der Waals surface area contributed by atoms with Crippen molar-refractivity contribution in [2.45, 2.75) is 0 Å². The number of quaternary nitrogens is 1. The molecule has 4 aliphatic rings. The van der Waals surface area contributed by atoms with E-state index in [1.165, 1.54) is 0 Å². The fraction of sp³-hybridized carbons (Fsp3) is 0.500. The summed E-state index contributed by atoms with van der Waals surface area (Å²) in [5, 5.41) is 0. The van der Waals surface area contributed by atoms with Gasteiger partial charge in [-0.25, -0.2) is 14.7 Å². The molecule has 0 atom stereocenters. The Balaban J connectivity index is 0.00000132. The zero-order chi connectivity index (χ0) is 13.7. The third-order valence-corrected chi connectivity index (χ3v) is 4.87. The summed E-state index contributed by atoms with van der Waals surface area (Å²) in [6.45, 7) is 6.81. The van der Waals surface area contributed by atoms with Crippen LogP contribution in [0.15, 0.2) is 28.7 Å². The third kappa shape index (κ3) is 2.95. The first-order valence-corrected chi connectivity index (χ1v) is 7.72. The number of halogens is 2. The van der Waals surface area contributed by atoms with Crippen molar-refractivity contribution < 1.29 is 26.3 Å². The van der Waals surface area contributed by atoms with E-state index in [-0.39, 0.29) is 22.8 Å². The van der Waals surface area contributed by atoms with E-state index in [1.807, 2.05) is 24.3 Å². The van der Waals surface area contributed by atoms with Gasteiger partial charge in [0.1, 0.15) is 26.6 Å². The van der Waals surface area contributed by atoms with Crippen LogP contribution >= 0.6 is 15.9 Å². The number of benzene rings is 1. The van der Waals surface area contributed by atoms with E-state index in [1.54, 1.807) is 0 Å². The Bertz CT molecular complexity index is 513. The molecule has 114 valence electrons. The molecule has 0 saturated carbocycles. The molecule has 5 rings (SSSR count).